The smallest absolute Gasteiger partial charge is 0.189 e. The normalized spacial score (nSPS) is 14.9. The van der Waals surface area contributed by atoms with Crippen LogP contribution in [0.1, 0.15) is 18.1 Å². The lowest BCUT2D eigenvalue weighted by Crippen LogP contribution is -2.40. The van der Waals surface area contributed by atoms with Gasteiger partial charge >= 0.3 is 0 Å². The fourth-order valence-corrected chi connectivity index (χ4v) is 2.49. The highest BCUT2D eigenvalue weighted by Gasteiger charge is 2.17. The summed E-state index contributed by atoms with van der Waals surface area (Å²) in [4.78, 5) is 4.32. The van der Waals surface area contributed by atoms with Crippen LogP contribution in [0.3, 0.4) is 0 Å². The van der Waals surface area contributed by atoms with Crippen molar-refractivity contribution < 1.29 is 9.47 Å². The summed E-state index contributed by atoms with van der Waals surface area (Å²) in [5, 5.41) is 3.77. The van der Waals surface area contributed by atoms with Crippen molar-refractivity contribution in [3.8, 4) is 5.75 Å². The van der Waals surface area contributed by atoms with E-state index in [0.717, 1.165) is 23.3 Å². The van der Waals surface area contributed by atoms with Crippen LogP contribution in [0.4, 0.5) is 0 Å². The van der Waals surface area contributed by atoms with Crippen molar-refractivity contribution in [1.82, 2.24) is 5.32 Å². The molecule has 0 bridgehead atoms. The van der Waals surface area contributed by atoms with Crippen LogP contribution < -0.4 is 15.8 Å². The molecular formula is C14H21ClIN3O2. The zero-order valence-electron chi connectivity index (χ0n) is 12.2. The van der Waals surface area contributed by atoms with Crippen molar-refractivity contribution in [1.29, 1.82) is 0 Å². The van der Waals surface area contributed by atoms with Gasteiger partial charge in [0.15, 0.2) is 5.96 Å². The molecule has 1 aliphatic heterocycles. The van der Waals surface area contributed by atoms with Crippen molar-refractivity contribution in [3.05, 3.63) is 28.3 Å². The molecule has 1 aliphatic rings. The van der Waals surface area contributed by atoms with Crippen molar-refractivity contribution in [2.75, 3.05) is 20.3 Å². The molecule has 1 aromatic rings. The predicted octanol–water partition coefficient (Wildman–Crippen LogP) is 2.33. The number of nitrogens with two attached hydrogens (primary N) is 1. The third-order valence-electron chi connectivity index (χ3n) is 3.06. The Morgan fingerprint density at radius 3 is 3.05 bits per heavy atom. The second kappa shape index (κ2) is 8.65. The Balaban J connectivity index is 0.00000220. The van der Waals surface area contributed by atoms with E-state index in [2.05, 4.69) is 10.3 Å². The lowest BCUT2D eigenvalue weighted by molar-refractivity contribution is 0.179. The lowest BCUT2D eigenvalue weighted by atomic mass is 10.1. The first kappa shape index (κ1) is 18.3. The van der Waals surface area contributed by atoms with Crippen LogP contribution in [0, 0.1) is 0 Å². The molecule has 3 N–H and O–H groups in total. The van der Waals surface area contributed by atoms with Gasteiger partial charge in [0.1, 0.15) is 5.75 Å². The zero-order chi connectivity index (χ0) is 14.5. The van der Waals surface area contributed by atoms with Gasteiger partial charge in [-0.25, -0.2) is 4.99 Å². The van der Waals surface area contributed by atoms with Gasteiger partial charge in [-0.05, 0) is 24.6 Å². The highest BCUT2D eigenvalue weighted by molar-refractivity contribution is 14.0. The maximum absolute atomic E-state index is 6.10. The summed E-state index contributed by atoms with van der Waals surface area (Å²) in [6.45, 7) is 3.70. The van der Waals surface area contributed by atoms with E-state index in [-0.39, 0.29) is 30.0 Å². The summed E-state index contributed by atoms with van der Waals surface area (Å²) in [5.74, 6) is 1.29. The van der Waals surface area contributed by atoms with Gasteiger partial charge in [0.05, 0.1) is 19.8 Å². The number of aliphatic imine (C=N–C) groups is 1. The Morgan fingerprint density at radius 2 is 2.33 bits per heavy atom. The Bertz CT molecular complexity index is 511. The van der Waals surface area contributed by atoms with Gasteiger partial charge in [0, 0.05) is 30.2 Å². The summed E-state index contributed by atoms with van der Waals surface area (Å²) < 4.78 is 10.7. The minimum absolute atomic E-state index is 0. The van der Waals surface area contributed by atoms with Crippen LogP contribution in [0.15, 0.2) is 17.1 Å². The fourth-order valence-electron chi connectivity index (χ4n) is 2.22. The Morgan fingerprint density at radius 1 is 1.57 bits per heavy atom. The van der Waals surface area contributed by atoms with Gasteiger partial charge in [-0.1, -0.05) is 11.6 Å². The second-order valence-electron chi connectivity index (χ2n) is 4.85. The highest BCUT2D eigenvalue weighted by Crippen LogP contribution is 2.33. The molecule has 0 amide bonds. The Hall–Kier alpha value is -0.730. The summed E-state index contributed by atoms with van der Waals surface area (Å²) in [6.07, 6.45) is 0.894. The molecule has 1 aromatic carbocycles. The molecule has 0 saturated heterocycles. The molecule has 7 heteroatoms. The first-order valence-electron chi connectivity index (χ1n) is 6.59. The van der Waals surface area contributed by atoms with Gasteiger partial charge in [0.2, 0.25) is 0 Å². The SMILES string of the molecule is COCC(C)NC(N)=NCc1cc(Cl)cc2c1OCC2.I. The number of nitrogens with one attached hydrogen (secondary N) is 1. The molecule has 0 aliphatic carbocycles. The third-order valence-corrected chi connectivity index (χ3v) is 3.27. The molecule has 1 atom stereocenters. The molecule has 1 heterocycles. The number of hydrogen-bond donors (Lipinski definition) is 2. The van der Waals surface area contributed by atoms with Crippen LogP contribution >= 0.6 is 35.6 Å². The van der Waals surface area contributed by atoms with E-state index in [1.165, 1.54) is 0 Å². The average Bonchev–Trinajstić information content (AvgIpc) is 2.84. The number of rotatable bonds is 5. The minimum Gasteiger partial charge on any atom is -0.493 e. The largest absolute Gasteiger partial charge is 0.493 e. The van der Waals surface area contributed by atoms with E-state index < -0.39 is 0 Å². The van der Waals surface area contributed by atoms with Gasteiger partial charge in [-0.15, -0.1) is 24.0 Å². The topological polar surface area (TPSA) is 68.9 Å². The summed E-state index contributed by atoms with van der Waals surface area (Å²) >= 11 is 6.10. The monoisotopic (exact) mass is 425 g/mol. The lowest BCUT2D eigenvalue weighted by Gasteiger charge is -2.13. The van der Waals surface area contributed by atoms with Crippen molar-refractivity contribution in [2.24, 2.45) is 10.7 Å². The molecule has 118 valence electrons. The van der Waals surface area contributed by atoms with E-state index in [9.17, 15) is 0 Å². The summed E-state index contributed by atoms with van der Waals surface area (Å²) in [7, 11) is 1.65. The number of halogens is 2. The molecule has 1 unspecified atom stereocenters. The number of benzene rings is 1. The Labute approximate surface area is 147 Å². The van der Waals surface area contributed by atoms with Crippen LogP contribution in [-0.2, 0) is 17.7 Å². The first-order chi connectivity index (χ1) is 9.60. The van der Waals surface area contributed by atoms with Crippen LogP contribution in [0.5, 0.6) is 5.75 Å². The molecule has 2 rings (SSSR count). The summed E-state index contributed by atoms with van der Waals surface area (Å²) in [6, 6.07) is 3.94. The minimum atomic E-state index is 0. The number of fused-ring (bicyclic) bond motifs is 1. The fraction of sp³-hybridized carbons (Fsp3) is 0.500. The van der Waals surface area contributed by atoms with Crippen LogP contribution in [-0.4, -0.2) is 32.3 Å². The number of hydrogen-bond acceptors (Lipinski definition) is 3. The molecule has 0 fully saturated rings. The molecule has 0 saturated carbocycles. The number of nitrogens with zero attached hydrogens (tertiary/aromatic N) is 1. The standard InChI is InChI=1S/C14H20ClN3O2.HI/c1-9(8-19-2)18-14(16)17-7-11-6-12(15)5-10-3-4-20-13(10)11;/h5-6,9H,3-4,7-8H2,1-2H3,(H3,16,17,18);1H. The van der Waals surface area contributed by atoms with E-state index >= 15 is 0 Å². The predicted molar refractivity (Wildman–Crippen MR) is 95.9 cm³/mol. The van der Waals surface area contributed by atoms with E-state index in [1.807, 2.05) is 19.1 Å². The van der Waals surface area contributed by atoms with Crippen molar-refractivity contribution in [3.63, 3.8) is 0 Å². The van der Waals surface area contributed by atoms with Gasteiger partial charge in [-0.3, -0.25) is 0 Å². The van der Waals surface area contributed by atoms with Gasteiger partial charge < -0.3 is 20.5 Å². The molecule has 5 nitrogen and oxygen atoms in total. The van der Waals surface area contributed by atoms with E-state index in [4.69, 9.17) is 26.8 Å². The third kappa shape index (κ3) is 5.19. The first-order valence-corrected chi connectivity index (χ1v) is 6.97. The van der Waals surface area contributed by atoms with Crippen molar-refractivity contribution >= 4 is 41.5 Å². The molecule has 0 radical (unpaired) electrons. The highest BCUT2D eigenvalue weighted by atomic mass is 127. The number of ether oxygens (including phenoxy) is 2. The van der Waals surface area contributed by atoms with E-state index in [0.29, 0.717) is 30.7 Å². The van der Waals surface area contributed by atoms with Gasteiger partial charge in [0.25, 0.3) is 0 Å². The zero-order valence-corrected chi connectivity index (χ0v) is 15.3. The van der Waals surface area contributed by atoms with Crippen LogP contribution in [0.25, 0.3) is 0 Å². The maximum atomic E-state index is 6.10. The van der Waals surface area contributed by atoms with Gasteiger partial charge in [-0.2, -0.15) is 0 Å². The quantitative estimate of drug-likeness (QED) is 0.432. The number of methoxy groups -OCH3 is 1. The molecular weight excluding hydrogens is 405 g/mol. The van der Waals surface area contributed by atoms with Crippen LogP contribution in [0.2, 0.25) is 5.02 Å². The Kier molecular flexibility index (Phi) is 7.55. The molecule has 0 aromatic heterocycles. The molecule has 21 heavy (non-hydrogen) atoms. The second-order valence-corrected chi connectivity index (χ2v) is 5.29. The summed E-state index contributed by atoms with van der Waals surface area (Å²) in [5.41, 5.74) is 7.95. The maximum Gasteiger partial charge on any atom is 0.189 e. The molecule has 0 spiro atoms. The van der Waals surface area contributed by atoms with E-state index in [1.54, 1.807) is 7.11 Å². The number of guanidine groups is 1. The average molecular weight is 426 g/mol. The van der Waals surface area contributed by atoms with Crippen molar-refractivity contribution in [2.45, 2.75) is 25.9 Å².